The van der Waals surface area contributed by atoms with E-state index in [9.17, 15) is 13.2 Å². The van der Waals surface area contributed by atoms with Crippen LogP contribution < -0.4 is 0 Å². The molecule has 1 aromatic carbocycles. The van der Waals surface area contributed by atoms with Crippen LogP contribution in [0.1, 0.15) is 24.8 Å². The summed E-state index contributed by atoms with van der Waals surface area (Å²) in [5.74, 6) is 0.0200. The number of fused-ring (bicyclic) bond motifs is 2. The lowest BCUT2D eigenvalue weighted by atomic mass is 10.0. The van der Waals surface area contributed by atoms with Crippen molar-refractivity contribution in [2.24, 2.45) is 0 Å². The SMILES string of the molecule is O=C1N2CCCCC2CS(=O)(=O)N1Cc1ccc2nccnc2c1. The summed E-state index contributed by atoms with van der Waals surface area (Å²) >= 11 is 0. The number of piperidine rings is 1. The number of aromatic nitrogens is 2. The molecule has 126 valence electrons. The van der Waals surface area contributed by atoms with Crippen molar-refractivity contribution >= 4 is 27.1 Å². The molecule has 0 radical (unpaired) electrons. The van der Waals surface area contributed by atoms with Crippen LogP contribution in [0.25, 0.3) is 11.0 Å². The third kappa shape index (κ3) is 2.60. The second kappa shape index (κ2) is 5.70. The average Bonchev–Trinajstić information content (AvgIpc) is 2.58. The van der Waals surface area contributed by atoms with Crippen molar-refractivity contribution in [1.82, 2.24) is 19.2 Å². The first-order valence-electron chi connectivity index (χ1n) is 8.05. The quantitative estimate of drug-likeness (QED) is 0.827. The molecule has 2 saturated heterocycles. The Bertz CT molecular complexity index is 899. The highest BCUT2D eigenvalue weighted by molar-refractivity contribution is 7.89. The van der Waals surface area contributed by atoms with E-state index >= 15 is 0 Å². The molecule has 2 aliphatic heterocycles. The van der Waals surface area contributed by atoms with Gasteiger partial charge in [-0.05, 0) is 37.0 Å². The highest BCUT2D eigenvalue weighted by Crippen LogP contribution is 2.28. The summed E-state index contributed by atoms with van der Waals surface area (Å²) in [6.45, 7) is 0.676. The second-order valence-corrected chi connectivity index (χ2v) is 8.23. The number of hydrogen-bond acceptors (Lipinski definition) is 5. The van der Waals surface area contributed by atoms with Crippen molar-refractivity contribution in [1.29, 1.82) is 0 Å². The number of nitrogens with zero attached hydrogens (tertiary/aromatic N) is 4. The topological polar surface area (TPSA) is 83.5 Å². The Hall–Kier alpha value is -2.22. The molecule has 0 bridgehead atoms. The number of benzene rings is 1. The summed E-state index contributed by atoms with van der Waals surface area (Å²) in [5.41, 5.74) is 2.16. The van der Waals surface area contributed by atoms with Crippen LogP contribution in [0.5, 0.6) is 0 Å². The Morgan fingerprint density at radius 2 is 1.92 bits per heavy atom. The van der Waals surface area contributed by atoms with Gasteiger partial charge in [0.2, 0.25) is 10.0 Å². The molecule has 2 aromatic rings. The van der Waals surface area contributed by atoms with E-state index in [0.29, 0.717) is 12.1 Å². The summed E-state index contributed by atoms with van der Waals surface area (Å²) in [7, 11) is -3.59. The lowest BCUT2D eigenvalue weighted by Gasteiger charge is -2.43. The lowest BCUT2D eigenvalue weighted by Crippen LogP contribution is -2.60. The predicted octanol–water partition coefficient (Wildman–Crippen LogP) is 1.75. The summed E-state index contributed by atoms with van der Waals surface area (Å²) in [6.07, 6.45) is 5.88. The maximum atomic E-state index is 12.7. The van der Waals surface area contributed by atoms with Gasteiger partial charge in [0.15, 0.2) is 0 Å². The van der Waals surface area contributed by atoms with Crippen LogP contribution in [0.2, 0.25) is 0 Å². The van der Waals surface area contributed by atoms with E-state index in [4.69, 9.17) is 0 Å². The fraction of sp³-hybridized carbons (Fsp3) is 0.438. The van der Waals surface area contributed by atoms with Gasteiger partial charge >= 0.3 is 6.03 Å². The number of carbonyl (C=O) groups excluding carboxylic acids is 1. The first kappa shape index (κ1) is 15.3. The minimum Gasteiger partial charge on any atom is -0.320 e. The van der Waals surface area contributed by atoms with Gasteiger partial charge in [-0.3, -0.25) is 9.97 Å². The molecule has 1 unspecified atom stereocenters. The van der Waals surface area contributed by atoms with Crippen LogP contribution in [-0.4, -0.2) is 52.0 Å². The minimum atomic E-state index is -3.59. The zero-order valence-corrected chi connectivity index (χ0v) is 13.9. The first-order valence-corrected chi connectivity index (χ1v) is 9.66. The maximum absolute atomic E-state index is 12.7. The van der Waals surface area contributed by atoms with Crippen LogP contribution in [-0.2, 0) is 16.6 Å². The van der Waals surface area contributed by atoms with Crippen LogP contribution >= 0.6 is 0 Å². The van der Waals surface area contributed by atoms with Crippen molar-refractivity contribution in [2.75, 3.05) is 12.3 Å². The van der Waals surface area contributed by atoms with E-state index in [1.54, 1.807) is 35.5 Å². The number of hydrogen-bond donors (Lipinski definition) is 0. The molecule has 1 aromatic heterocycles. The van der Waals surface area contributed by atoms with E-state index < -0.39 is 16.1 Å². The van der Waals surface area contributed by atoms with Gasteiger partial charge in [-0.25, -0.2) is 17.5 Å². The summed E-state index contributed by atoms with van der Waals surface area (Å²) in [6, 6.07) is 4.80. The molecular formula is C16H18N4O3S. The number of rotatable bonds is 2. The monoisotopic (exact) mass is 346 g/mol. The molecule has 4 rings (SSSR count). The summed E-state index contributed by atoms with van der Waals surface area (Å²) in [4.78, 5) is 22.8. The Labute approximate surface area is 140 Å². The normalized spacial score (nSPS) is 23.3. The first-order chi connectivity index (χ1) is 11.5. The maximum Gasteiger partial charge on any atom is 0.334 e. The van der Waals surface area contributed by atoms with Gasteiger partial charge in [-0.2, -0.15) is 0 Å². The Balaban J connectivity index is 1.65. The van der Waals surface area contributed by atoms with Crippen molar-refractivity contribution in [3.63, 3.8) is 0 Å². The van der Waals surface area contributed by atoms with Gasteiger partial charge in [0.25, 0.3) is 0 Å². The van der Waals surface area contributed by atoms with E-state index in [1.165, 1.54) is 0 Å². The molecule has 24 heavy (non-hydrogen) atoms. The Morgan fingerprint density at radius 3 is 2.75 bits per heavy atom. The zero-order chi connectivity index (χ0) is 16.7. The molecule has 2 fully saturated rings. The van der Waals surface area contributed by atoms with Gasteiger partial charge < -0.3 is 4.90 Å². The lowest BCUT2D eigenvalue weighted by molar-refractivity contribution is 0.131. The van der Waals surface area contributed by atoms with Crippen LogP contribution in [0.3, 0.4) is 0 Å². The van der Waals surface area contributed by atoms with Crippen LogP contribution in [0.15, 0.2) is 30.6 Å². The Morgan fingerprint density at radius 1 is 1.12 bits per heavy atom. The van der Waals surface area contributed by atoms with Crippen LogP contribution in [0.4, 0.5) is 4.79 Å². The van der Waals surface area contributed by atoms with Gasteiger partial charge in [-0.1, -0.05) is 6.07 Å². The van der Waals surface area contributed by atoms with Crippen LogP contribution in [0, 0.1) is 0 Å². The van der Waals surface area contributed by atoms with Gasteiger partial charge in [0.05, 0.1) is 23.3 Å². The van der Waals surface area contributed by atoms with E-state index in [1.807, 2.05) is 0 Å². The van der Waals surface area contributed by atoms with Gasteiger partial charge in [0, 0.05) is 25.0 Å². The van der Waals surface area contributed by atoms with Crippen molar-refractivity contribution in [3.05, 3.63) is 36.2 Å². The summed E-state index contributed by atoms with van der Waals surface area (Å²) < 4.78 is 26.1. The fourth-order valence-corrected chi connectivity index (χ4v) is 5.16. The molecule has 0 spiro atoms. The highest BCUT2D eigenvalue weighted by Gasteiger charge is 2.43. The fourth-order valence-electron chi connectivity index (χ4n) is 3.46. The molecule has 2 aliphatic rings. The number of sulfonamides is 1. The third-order valence-electron chi connectivity index (χ3n) is 4.68. The molecule has 8 heteroatoms. The standard InChI is InChI=1S/C16H18N4O3S/c21-16-19-8-2-1-3-13(19)11-24(22,23)20(16)10-12-4-5-14-15(9-12)18-7-6-17-14/h4-7,9,13H,1-3,8,10-11H2. The molecule has 1 atom stereocenters. The van der Waals surface area contributed by atoms with E-state index in [2.05, 4.69) is 9.97 Å². The smallest absolute Gasteiger partial charge is 0.320 e. The highest BCUT2D eigenvalue weighted by atomic mass is 32.2. The van der Waals surface area contributed by atoms with E-state index in [0.717, 1.165) is 34.6 Å². The molecular weight excluding hydrogens is 328 g/mol. The Kier molecular flexibility index (Phi) is 3.64. The third-order valence-corrected chi connectivity index (χ3v) is 6.45. The van der Waals surface area contributed by atoms with E-state index in [-0.39, 0.29) is 18.3 Å². The number of amides is 2. The summed E-state index contributed by atoms with van der Waals surface area (Å²) in [5, 5.41) is 0. The van der Waals surface area contributed by atoms with Gasteiger partial charge in [-0.15, -0.1) is 0 Å². The molecule has 0 saturated carbocycles. The molecule has 0 N–H and O–H groups in total. The predicted molar refractivity (Wildman–Crippen MR) is 88.6 cm³/mol. The zero-order valence-electron chi connectivity index (χ0n) is 13.1. The minimum absolute atomic E-state index is 0.0200. The average molecular weight is 346 g/mol. The van der Waals surface area contributed by atoms with Gasteiger partial charge in [0.1, 0.15) is 0 Å². The van der Waals surface area contributed by atoms with Crippen molar-refractivity contribution < 1.29 is 13.2 Å². The molecule has 3 heterocycles. The largest absolute Gasteiger partial charge is 0.334 e. The second-order valence-electron chi connectivity index (χ2n) is 6.29. The molecule has 7 nitrogen and oxygen atoms in total. The molecule has 2 amide bonds. The number of carbonyl (C=O) groups is 1. The van der Waals surface area contributed by atoms with Crippen molar-refractivity contribution in [2.45, 2.75) is 31.8 Å². The van der Waals surface area contributed by atoms with Crippen molar-refractivity contribution in [3.8, 4) is 0 Å². The molecule has 0 aliphatic carbocycles. The number of urea groups is 1.